The van der Waals surface area contributed by atoms with Crippen molar-refractivity contribution in [2.24, 2.45) is 4.99 Å². The fourth-order valence-corrected chi connectivity index (χ4v) is 3.02. The molecule has 1 aromatic heterocycles. The highest BCUT2D eigenvalue weighted by Crippen LogP contribution is 2.21. The number of aliphatic imine (C=N–C) groups is 1. The Bertz CT molecular complexity index is 1050. The summed E-state index contributed by atoms with van der Waals surface area (Å²) in [4.78, 5) is 39.0. The molecule has 0 saturated heterocycles. The summed E-state index contributed by atoms with van der Waals surface area (Å²) in [5, 5.41) is 13.4. The van der Waals surface area contributed by atoms with Crippen molar-refractivity contribution < 1.29 is 18.9 Å². The molecule has 0 fully saturated rings. The van der Waals surface area contributed by atoms with E-state index in [0.717, 1.165) is 11.8 Å². The Morgan fingerprint density at radius 3 is 2.17 bits per heavy atom. The van der Waals surface area contributed by atoms with E-state index in [9.17, 15) is 19.7 Å². The molecule has 0 spiro atoms. The highest BCUT2D eigenvalue weighted by molar-refractivity contribution is 8.13. The van der Waals surface area contributed by atoms with Crippen LogP contribution in [-0.4, -0.2) is 21.9 Å². The molecular weight excluding hydrogens is 394 g/mol. The van der Waals surface area contributed by atoms with Gasteiger partial charge in [-0.25, -0.2) is 0 Å². The number of furan rings is 1. The molecule has 0 unspecified atom stereocenters. The summed E-state index contributed by atoms with van der Waals surface area (Å²) in [6.45, 7) is 0. The fraction of sp³-hybridized carbons (Fsp3) is 0.0500. The zero-order valence-corrected chi connectivity index (χ0v) is 15.8. The lowest BCUT2D eigenvalue weighted by molar-refractivity contribution is -0.402. The number of nitrogens with zero attached hydrogens (tertiary/aromatic N) is 2. The predicted octanol–water partition coefficient (Wildman–Crippen LogP) is 4.05. The molecule has 146 valence electrons. The van der Waals surface area contributed by atoms with Crippen LogP contribution in [0.5, 0.6) is 0 Å². The number of carbonyl (C=O) groups is 2. The van der Waals surface area contributed by atoms with Gasteiger partial charge in [0.25, 0.3) is 11.8 Å². The van der Waals surface area contributed by atoms with Crippen LogP contribution >= 0.6 is 11.8 Å². The van der Waals surface area contributed by atoms with Crippen molar-refractivity contribution in [3.05, 3.63) is 99.8 Å². The first kappa shape index (κ1) is 20.0. The van der Waals surface area contributed by atoms with Gasteiger partial charge in [-0.1, -0.05) is 48.2 Å². The van der Waals surface area contributed by atoms with Crippen LogP contribution in [0, 0.1) is 10.1 Å². The van der Waals surface area contributed by atoms with Gasteiger partial charge in [-0.3, -0.25) is 19.7 Å². The average Bonchev–Trinajstić information content (AvgIpc) is 3.22. The van der Waals surface area contributed by atoms with Gasteiger partial charge in [-0.15, -0.1) is 0 Å². The third kappa shape index (κ3) is 5.63. The van der Waals surface area contributed by atoms with Crippen molar-refractivity contribution in [3.8, 4) is 0 Å². The van der Waals surface area contributed by atoms with Gasteiger partial charge in [0.05, 0.1) is 11.8 Å². The van der Waals surface area contributed by atoms with Crippen LogP contribution < -0.4 is 5.32 Å². The molecule has 0 atom stereocenters. The molecule has 0 aliphatic rings. The lowest BCUT2D eigenvalue weighted by Crippen LogP contribution is -2.29. The van der Waals surface area contributed by atoms with E-state index >= 15 is 0 Å². The minimum atomic E-state index is -0.640. The van der Waals surface area contributed by atoms with Gasteiger partial charge in [-0.05, 0) is 30.3 Å². The normalized spacial score (nSPS) is 11.1. The van der Waals surface area contributed by atoms with Crippen LogP contribution in [-0.2, 0) is 5.75 Å². The molecule has 0 radical (unpaired) electrons. The van der Waals surface area contributed by atoms with Crippen LogP contribution in [0.15, 0.2) is 82.2 Å². The molecule has 9 heteroatoms. The maximum absolute atomic E-state index is 12.4. The minimum absolute atomic E-state index is 0.0618. The zero-order valence-electron chi connectivity index (χ0n) is 15.0. The average molecular weight is 409 g/mol. The Labute approximate surface area is 169 Å². The summed E-state index contributed by atoms with van der Waals surface area (Å²) in [5.74, 6) is -0.873. The van der Waals surface area contributed by atoms with E-state index in [0.29, 0.717) is 16.9 Å². The number of carbonyl (C=O) groups excluding carboxylic acids is 2. The molecule has 8 nitrogen and oxygen atoms in total. The molecule has 0 aliphatic carbocycles. The maximum atomic E-state index is 12.4. The van der Waals surface area contributed by atoms with Crippen LogP contribution in [0.3, 0.4) is 0 Å². The number of nitrogens with one attached hydrogen (secondary N) is 1. The number of hydrogen-bond acceptors (Lipinski definition) is 6. The van der Waals surface area contributed by atoms with E-state index in [1.807, 2.05) is 0 Å². The van der Waals surface area contributed by atoms with Crippen molar-refractivity contribution in [3.63, 3.8) is 0 Å². The quantitative estimate of drug-likeness (QED) is 0.294. The lowest BCUT2D eigenvalue weighted by Gasteiger charge is -2.08. The maximum Gasteiger partial charge on any atom is 0.433 e. The van der Waals surface area contributed by atoms with Gasteiger partial charge in [-0.2, -0.15) is 4.99 Å². The van der Waals surface area contributed by atoms with Crippen molar-refractivity contribution in [2.75, 3.05) is 0 Å². The van der Waals surface area contributed by atoms with Crippen molar-refractivity contribution in [1.29, 1.82) is 0 Å². The molecule has 0 aliphatic heterocycles. The first-order chi connectivity index (χ1) is 14.0. The number of thioether (sulfide) groups is 1. The van der Waals surface area contributed by atoms with E-state index in [1.165, 1.54) is 12.1 Å². The molecule has 1 heterocycles. The van der Waals surface area contributed by atoms with Gasteiger partial charge >= 0.3 is 5.88 Å². The first-order valence-corrected chi connectivity index (χ1v) is 9.42. The second-order valence-corrected chi connectivity index (χ2v) is 6.66. The summed E-state index contributed by atoms with van der Waals surface area (Å²) in [5.41, 5.74) is 0.773. The van der Waals surface area contributed by atoms with Gasteiger partial charge < -0.3 is 9.73 Å². The molecule has 3 aromatic rings. The Balaban J connectivity index is 1.78. The van der Waals surface area contributed by atoms with Crippen molar-refractivity contribution >= 4 is 34.6 Å². The Kier molecular flexibility index (Phi) is 6.54. The summed E-state index contributed by atoms with van der Waals surface area (Å²) >= 11 is 1.03. The molecule has 29 heavy (non-hydrogen) atoms. The van der Waals surface area contributed by atoms with Gasteiger partial charge in [0.2, 0.25) is 0 Å². The molecule has 3 rings (SSSR count). The standard InChI is InChI=1S/C20H15N3O5S/c24-18(14-7-3-1-4-8-14)21-20(22-19(25)15-9-5-2-6-10-15)29-13-16-11-12-17(28-16)23(26)27/h1-12H,13H2,(H,21,22,24,25). The Morgan fingerprint density at radius 1 is 0.966 bits per heavy atom. The third-order valence-corrected chi connectivity index (χ3v) is 4.55. The SMILES string of the molecule is O=C(N=C(NC(=O)c1ccccc1)SCc1ccc([N+](=O)[O-])o1)c1ccccc1. The van der Waals surface area contributed by atoms with Crippen LogP contribution in [0.1, 0.15) is 26.5 Å². The number of benzene rings is 2. The van der Waals surface area contributed by atoms with E-state index in [2.05, 4.69) is 10.3 Å². The molecule has 0 saturated carbocycles. The number of amides is 2. The number of nitro groups is 1. The molecule has 0 bridgehead atoms. The second-order valence-electron chi connectivity index (χ2n) is 5.69. The number of hydrogen-bond donors (Lipinski definition) is 1. The molecule has 1 N–H and O–H groups in total. The first-order valence-electron chi connectivity index (χ1n) is 8.43. The van der Waals surface area contributed by atoms with Crippen LogP contribution in [0.25, 0.3) is 0 Å². The number of amidine groups is 1. The van der Waals surface area contributed by atoms with Gasteiger partial charge in [0, 0.05) is 11.1 Å². The predicted molar refractivity (Wildman–Crippen MR) is 109 cm³/mol. The van der Waals surface area contributed by atoms with Crippen LogP contribution in [0.2, 0.25) is 0 Å². The van der Waals surface area contributed by atoms with E-state index < -0.39 is 16.7 Å². The molecule has 2 aromatic carbocycles. The topological polar surface area (TPSA) is 115 Å². The van der Waals surface area contributed by atoms with Crippen molar-refractivity contribution in [1.82, 2.24) is 5.32 Å². The monoisotopic (exact) mass is 409 g/mol. The largest absolute Gasteiger partial charge is 0.433 e. The summed E-state index contributed by atoms with van der Waals surface area (Å²) in [6, 6.07) is 19.6. The minimum Gasteiger partial charge on any atom is -0.405 e. The van der Waals surface area contributed by atoms with E-state index in [1.54, 1.807) is 60.7 Å². The van der Waals surface area contributed by atoms with Crippen molar-refractivity contribution in [2.45, 2.75) is 5.75 Å². The van der Waals surface area contributed by atoms with E-state index in [-0.39, 0.29) is 16.8 Å². The summed E-state index contributed by atoms with van der Waals surface area (Å²) in [7, 11) is 0. The smallest absolute Gasteiger partial charge is 0.405 e. The van der Waals surface area contributed by atoms with Gasteiger partial charge in [0.15, 0.2) is 5.17 Å². The fourth-order valence-electron chi connectivity index (χ4n) is 2.27. The Hall–Kier alpha value is -3.72. The highest BCUT2D eigenvalue weighted by atomic mass is 32.2. The molecule has 2 amide bonds. The summed E-state index contributed by atoms with van der Waals surface area (Å²) in [6.07, 6.45) is 0. The Morgan fingerprint density at radius 2 is 1.59 bits per heavy atom. The lowest BCUT2D eigenvalue weighted by atomic mass is 10.2. The third-order valence-electron chi connectivity index (χ3n) is 3.66. The second kappa shape index (κ2) is 9.47. The van der Waals surface area contributed by atoms with E-state index in [4.69, 9.17) is 4.42 Å². The number of rotatable bonds is 5. The van der Waals surface area contributed by atoms with Crippen LogP contribution in [0.4, 0.5) is 5.88 Å². The zero-order chi connectivity index (χ0) is 20.6. The summed E-state index contributed by atoms with van der Waals surface area (Å²) < 4.78 is 5.10. The van der Waals surface area contributed by atoms with Gasteiger partial charge in [0.1, 0.15) is 10.7 Å². The highest BCUT2D eigenvalue weighted by Gasteiger charge is 2.16. The molecular formula is C20H15N3O5S.